The first kappa shape index (κ1) is 25.4. The Morgan fingerprint density at radius 2 is 1.74 bits per heavy atom. The van der Waals surface area contributed by atoms with E-state index in [9.17, 15) is 9.59 Å². The van der Waals surface area contributed by atoms with Gasteiger partial charge in [-0.2, -0.15) is 0 Å². The quantitative estimate of drug-likeness (QED) is 0.210. The number of aromatic nitrogens is 1. The highest BCUT2D eigenvalue weighted by Crippen LogP contribution is 2.31. The molecule has 9 heteroatoms. The molecule has 0 atom stereocenters. The van der Waals surface area contributed by atoms with Gasteiger partial charge in [-0.15, -0.1) is 0 Å². The number of benzene rings is 3. The highest BCUT2D eigenvalue weighted by atomic mass is 35.5. The summed E-state index contributed by atoms with van der Waals surface area (Å²) in [5, 5.41) is 7.16. The molecule has 0 saturated heterocycles. The zero-order valence-corrected chi connectivity index (χ0v) is 21.6. The maximum absolute atomic E-state index is 13.1. The number of carbonyl (C=O) groups excluding carboxylic acids is 2. The number of hydrogen-bond donors (Lipinski definition) is 2. The molecule has 0 aliphatic rings. The first-order chi connectivity index (χ1) is 18.5. The van der Waals surface area contributed by atoms with E-state index >= 15 is 0 Å². The van der Waals surface area contributed by atoms with Gasteiger partial charge in [0.2, 0.25) is 0 Å². The third kappa shape index (κ3) is 6.53. The van der Waals surface area contributed by atoms with E-state index in [1.807, 2.05) is 48.5 Å². The van der Waals surface area contributed by atoms with Crippen molar-refractivity contribution < 1.29 is 18.4 Å². The molecule has 7 nitrogen and oxygen atoms in total. The summed E-state index contributed by atoms with van der Waals surface area (Å²) in [5.74, 6) is -0.465. The van der Waals surface area contributed by atoms with E-state index in [0.717, 1.165) is 11.1 Å². The second kappa shape index (κ2) is 11.9. The number of rotatable bonds is 9. The maximum Gasteiger partial charge on any atom is 0.267 e. The fraction of sp³-hybridized carbons (Fsp3) is 0.0690. The molecule has 0 bridgehead atoms. The lowest BCUT2D eigenvalue weighted by Gasteiger charge is -2.11. The molecule has 0 saturated carbocycles. The second-order valence-electron chi connectivity index (χ2n) is 8.22. The van der Waals surface area contributed by atoms with Crippen LogP contribution in [0.2, 0.25) is 5.02 Å². The van der Waals surface area contributed by atoms with E-state index in [0.29, 0.717) is 45.2 Å². The predicted octanol–water partition coefficient (Wildman–Crippen LogP) is 6.36. The topological polar surface area (TPSA) is 97.4 Å². The van der Waals surface area contributed by atoms with Gasteiger partial charge in [0.25, 0.3) is 17.0 Å². The van der Waals surface area contributed by atoms with Crippen molar-refractivity contribution in [1.29, 1.82) is 0 Å². The van der Waals surface area contributed by atoms with Crippen molar-refractivity contribution in [2.75, 3.05) is 6.54 Å². The van der Waals surface area contributed by atoms with Crippen molar-refractivity contribution in [3.05, 3.63) is 119 Å². The van der Waals surface area contributed by atoms with Gasteiger partial charge < -0.3 is 19.5 Å². The van der Waals surface area contributed by atoms with Gasteiger partial charge in [-0.05, 0) is 60.5 Å². The summed E-state index contributed by atoms with van der Waals surface area (Å²) in [5.41, 5.74) is 2.90. The molecule has 0 spiro atoms. The molecule has 5 rings (SSSR count). The van der Waals surface area contributed by atoms with Crippen LogP contribution in [-0.4, -0.2) is 23.3 Å². The molecule has 2 N–H and O–H groups in total. The molecular weight excluding hydrogens is 522 g/mol. The fourth-order valence-corrected chi connectivity index (χ4v) is 4.57. The third-order valence-corrected chi connectivity index (χ3v) is 6.47. The smallest absolute Gasteiger partial charge is 0.267 e. The van der Waals surface area contributed by atoms with Crippen molar-refractivity contribution >= 4 is 52.4 Å². The van der Waals surface area contributed by atoms with Gasteiger partial charge in [0.15, 0.2) is 10.7 Å². The van der Waals surface area contributed by atoms with Crippen molar-refractivity contribution in [3.63, 3.8) is 0 Å². The van der Waals surface area contributed by atoms with Crippen LogP contribution < -0.4 is 10.6 Å². The maximum atomic E-state index is 13.1. The number of furan rings is 1. The van der Waals surface area contributed by atoms with Gasteiger partial charge >= 0.3 is 0 Å². The van der Waals surface area contributed by atoms with Crippen molar-refractivity contribution in [1.82, 2.24) is 15.6 Å². The second-order valence-corrected chi connectivity index (χ2v) is 9.61. The van der Waals surface area contributed by atoms with Crippen LogP contribution >= 0.6 is 23.4 Å². The molecule has 0 aliphatic carbocycles. The number of para-hydroxylation sites is 2. The van der Waals surface area contributed by atoms with Gasteiger partial charge in [-0.25, -0.2) is 4.98 Å². The van der Waals surface area contributed by atoms with Gasteiger partial charge in [0, 0.05) is 35.0 Å². The lowest BCUT2D eigenvalue weighted by atomic mass is 10.1. The number of nitrogens with zero attached hydrogens (tertiary/aromatic N) is 1. The molecule has 0 aliphatic heterocycles. The van der Waals surface area contributed by atoms with Gasteiger partial charge in [0.1, 0.15) is 17.0 Å². The van der Waals surface area contributed by atoms with E-state index in [-0.39, 0.29) is 5.70 Å². The highest BCUT2D eigenvalue weighted by molar-refractivity contribution is 7.99. The summed E-state index contributed by atoms with van der Waals surface area (Å²) in [4.78, 5) is 30.3. The molecule has 0 radical (unpaired) electrons. The van der Waals surface area contributed by atoms with Crippen LogP contribution in [0.1, 0.15) is 21.7 Å². The predicted molar refractivity (Wildman–Crippen MR) is 147 cm³/mol. The third-order valence-electron chi connectivity index (χ3n) is 5.47. The summed E-state index contributed by atoms with van der Waals surface area (Å²) >= 11 is 7.27. The number of fused-ring (bicyclic) bond motifs is 1. The van der Waals surface area contributed by atoms with Gasteiger partial charge in [0.05, 0.1) is 0 Å². The Morgan fingerprint density at radius 1 is 0.921 bits per heavy atom. The van der Waals surface area contributed by atoms with Crippen LogP contribution in [0.3, 0.4) is 0 Å². The molecule has 2 amide bonds. The molecule has 5 aromatic rings. The zero-order valence-electron chi connectivity index (χ0n) is 20.0. The van der Waals surface area contributed by atoms with Crippen molar-refractivity contribution in [2.24, 2.45) is 0 Å². The van der Waals surface area contributed by atoms with E-state index < -0.39 is 11.8 Å². The number of amides is 2. The standard InChI is InChI=1S/C29H22ClN3O4S/c30-21-10-6-7-19(17-21)15-16-31-28(35)24(32-27(34)20-8-2-1-3-9-20)18-22-13-14-26(36-22)38-29-33-23-11-4-5-12-25(23)37-29/h1-14,17-18H,15-16H2,(H,31,35)(H,32,34). The number of nitrogens with one attached hydrogen (secondary N) is 2. The minimum absolute atomic E-state index is 0.0534. The lowest BCUT2D eigenvalue weighted by Crippen LogP contribution is -2.35. The Labute approximate surface area is 227 Å². The minimum atomic E-state index is -0.444. The van der Waals surface area contributed by atoms with Crippen LogP contribution in [-0.2, 0) is 11.2 Å². The Hall–Kier alpha value is -4.27. The average Bonchev–Trinajstić information content (AvgIpc) is 3.55. The highest BCUT2D eigenvalue weighted by Gasteiger charge is 2.16. The van der Waals surface area contributed by atoms with Crippen LogP contribution in [0.4, 0.5) is 0 Å². The molecule has 2 heterocycles. The van der Waals surface area contributed by atoms with Crippen LogP contribution in [0.5, 0.6) is 0 Å². The SMILES string of the molecule is O=C(NCCc1cccc(Cl)c1)C(=Cc1ccc(Sc2nc3ccccc3o2)o1)NC(=O)c1ccccc1. The molecule has 3 aromatic carbocycles. The molecular formula is C29H22ClN3O4S. The fourth-order valence-electron chi connectivity index (χ4n) is 3.64. The van der Waals surface area contributed by atoms with Gasteiger partial charge in [-0.3, -0.25) is 9.59 Å². The first-order valence-corrected chi connectivity index (χ1v) is 13.0. The normalized spacial score (nSPS) is 11.4. The Morgan fingerprint density at radius 3 is 2.55 bits per heavy atom. The van der Waals surface area contributed by atoms with Crippen molar-refractivity contribution in [2.45, 2.75) is 16.7 Å². The van der Waals surface area contributed by atoms with Crippen molar-refractivity contribution in [3.8, 4) is 0 Å². The number of carbonyl (C=O) groups is 2. The average molecular weight is 544 g/mol. The number of oxazole rings is 1. The summed E-state index contributed by atoms with van der Waals surface area (Å²) < 4.78 is 11.6. The van der Waals surface area contributed by atoms with Crippen LogP contribution in [0.25, 0.3) is 17.2 Å². The number of hydrogen-bond acceptors (Lipinski definition) is 6. The summed E-state index contributed by atoms with van der Waals surface area (Å²) in [6.07, 6.45) is 2.07. The largest absolute Gasteiger partial charge is 0.450 e. The van der Waals surface area contributed by atoms with E-state index in [2.05, 4.69) is 15.6 Å². The molecule has 0 unspecified atom stereocenters. The van der Waals surface area contributed by atoms with E-state index in [1.54, 1.807) is 42.5 Å². The minimum Gasteiger partial charge on any atom is -0.450 e. The summed E-state index contributed by atoms with van der Waals surface area (Å²) in [6.45, 7) is 0.356. The lowest BCUT2D eigenvalue weighted by molar-refractivity contribution is -0.117. The monoisotopic (exact) mass is 543 g/mol. The molecule has 2 aromatic heterocycles. The molecule has 190 valence electrons. The van der Waals surface area contributed by atoms with Crippen LogP contribution in [0.15, 0.2) is 116 Å². The first-order valence-electron chi connectivity index (χ1n) is 11.8. The van der Waals surface area contributed by atoms with Crippen LogP contribution in [0, 0.1) is 0 Å². The molecule has 0 fully saturated rings. The summed E-state index contributed by atoms with van der Waals surface area (Å²) in [6, 6.07) is 27.0. The number of halogens is 1. The Bertz CT molecular complexity index is 1580. The van der Waals surface area contributed by atoms with Gasteiger partial charge in [-0.1, -0.05) is 54.1 Å². The van der Waals surface area contributed by atoms with E-state index in [1.165, 1.54) is 17.8 Å². The van der Waals surface area contributed by atoms with E-state index in [4.69, 9.17) is 20.4 Å². The Kier molecular flexibility index (Phi) is 7.92. The zero-order chi connectivity index (χ0) is 26.3. The summed E-state index contributed by atoms with van der Waals surface area (Å²) in [7, 11) is 0. The molecule has 38 heavy (non-hydrogen) atoms. The Balaban J connectivity index is 1.31.